The Hall–Kier alpha value is -7.11. The summed E-state index contributed by atoms with van der Waals surface area (Å²) < 4.78 is 85.9. The average Bonchev–Trinajstić information content (AvgIpc) is 4.06. The molecule has 0 saturated carbocycles. The largest absolute Gasteiger partial charge is 0.399 e. The van der Waals surface area contributed by atoms with E-state index in [2.05, 4.69) is 82.5 Å². The van der Waals surface area contributed by atoms with E-state index in [-0.39, 0.29) is 16.9 Å². The monoisotopic (exact) mass is 1170 g/mol. The standard InChI is InChI=1S/C29H36FN7O2S.C16H17ClN4O2S.C13H20FN3/c1-29(2,3)40(38,39)34-22-7-6-8-24(17-22)37-16-11-20-19-31-28(33-27(20)37)32-21-9-10-26(25(30)18-21)36-14-12-23(13-15-36)35(4)5;1-16(2,3)24(22,23)20-12-5-4-6-13(9-12)21-8-7-11-10-18-15(17)19-14(11)21;1-16(2)11-5-7-17(8-6-11)13-4-3-10(15)9-12(13)14/h6-11,16-19,23,34H,12-15H2,1-5H3,(H,31,32,33);4-10,20H,1-3H3;3-4,9,11H,5-8,15H2,1-2H3. The van der Waals surface area contributed by atoms with Crippen LogP contribution in [0.3, 0.4) is 0 Å². The maximum atomic E-state index is 15.1. The zero-order valence-corrected chi connectivity index (χ0v) is 49.9. The summed E-state index contributed by atoms with van der Waals surface area (Å²) in [5, 5.41) is 4.94. The van der Waals surface area contributed by atoms with Gasteiger partial charge in [0.1, 0.15) is 22.9 Å². The van der Waals surface area contributed by atoms with Gasteiger partial charge in [0, 0.05) is 96.6 Å². The van der Waals surface area contributed by atoms with E-state index in [4.69, 9.17) is 17.3 Å². The number of hydrogen-bond acceptors (Lipinski definition) is 14. The molecule has 23 heteroatoms. The van der Waals surface area contributed by atoms with Crippen molar-refractivity contribution < 1.29 is 25.6 Å². The fourth-order valence-electron chi connectivity index (χ4n) is 9.34. The number of piperidine rings is 2. The van der Waals surface area contributed by atoms with E-state index in [1.807, 2.05) is 51.9 Å². The number of fused-ring (bicyclic) bond motifs is 2. The molecular formula is C58H73ClF2N14O4S2. The van der Waals surface area contributed by atoms with E-state index >= 15 is 4.39 Å². The SMILES string of the molecule is CC(C)(C)S(=O)(=O)Nc1cccc(-n2ccc3cnc(Cl)nc32)c1.CN(C)C1CCN(c2ccc(N)cc2F)CC1.CN(C)C1CCN(c2ccc(Nc3ncc4ccn(-c5cccc(NS(=O)(=O)C(C)(C)C)c5)c4n3)cc2F)CC1. The Balaban J connectivity index is 0.000000177. The molecule has 0 atom stereocenters. The van der Waals surface area contributed by atoms with E-state index in [1.165, 1.54) is 12.1 Å². The first kappa shape index (κ1) is 60.0. The molecule has 8 aromatic rings. The van der Waals surface area contributed by atoms with Crippen molar-refractivity contribution in [3.8, 4) is 11.4 Å². The van der Waals surface area contributed by atoms with Crippen LogP contribution in [0.15, 0.2) is 122 Å². The first-order valence-corrected chi connectivity index (χ1v) is 30.0. The average molecular weight is 1170 g/mol. The quantitative estimate of drug-likeness (QED) is 0.0664. The summed E-state index contributed by atoms with van der Waals surface area (Å²) in [5.41, 5.74) is 11.6. The van der Waals surface area contributed by atoms with E-state index in [0.717, 1.165) is 74.0 Å². The molecule has 2 aliphatic heterocycles. The highest BCUT2D eigenvalue weighted by molar-refractivity contribution is 7.94. The van der Waals surface area contributed by atoms with Gasteiger partial charge in [-0.1, -0.05) is 12.1 Å². The normalized spacial score (nSPS) is 14.9. The molecule has 0 amide bonds. The highest BCUT2D eigenvalue weighted by Gasteiger charge is 2.31. The van der Waals surface area contributed by atoms with Crippen molar-refractivity contribution in [2.75, 3.05) is 84.7 Å². The molecule has 2 saturated heterocycles. The Bertz CT molecular complexity index is 3720. The molecule has 10 rings (SSSR count). The third-order valence-corrected chi connectivity index (χ3v) is 18.9. The van der Waals surface area contributed by atoms with Gasteiger partial charge in [0.2, 0.25) is 31.3 Å². The number of benzene rings is 4. The van der Waals surface area contributed by atoms with E-state index in [0.29, 0.717) is 63.5 Å². The first-order valence-electron chi connectivity index (χ1n) is 26.7. The van der Waals surface area contributed by atoms with Gasteiger partial charge in [0.15, 0.2) is 0 Å². The van der Waals surface area contributed by atoms with Gasteiger partial charge in [-0.25, -0.2) is 35.6 Å². The van der Waals surface area contributed by atoms with Crippen LogP contribution >= 0.6 is 11.6 Å². The van der Waals surface area contributed by atoms with Crippen molar-refractivity contribution in [3.05, 3.63) is 139 Å². The third-order valence-electron chi connectivity index (χ3n) is 14.4. The molecule has 4 aromatic heterocycles. The number of anilines is 7. The van der Waals surface area contributed by atoms with Crippen molar-refractivity contribution in [2.24, 2.45) is 0 Å². The minimum atomic E-state index is -3.57. The van der Waals surface area contributed by atoms with Crippen molar-refractivity contribution in [1.82, 2.24) is 38.9 Å². The zero-order valence-electron chi connectivity index (χ0n) is 47.5. The van der Waals surface area contributed by atoms with Gasteiger partial charge in [-0.3, -0.25) is 9.44 Å². The number of halogens is 3. The summed E-state index contributed by atoms with van der Waals surface area (Å²) in [7, 11) is 1.32. The van der Waals surface area contributed by atoms with Gasteiger partial charge in [-0.2, -0.15) is 9.97 Å². The zero-order chi connectivity index (χ0) is 58.6. The first-order chi connectivity index (χ1) is 38.2. The van der Waals surface area contributed by atoms with Gasteiger partial charge in [0.05, 0.1) is 32.2 Å². The van der Waals surface area contributed by atoms with Gasteiger partial charge >= 0.3 is 0 Å². The summed E-state index contributed by atoms with van der Waals surface area (Å²) in [6, 6.07) is 29.2. The van der Waals surface area contributed by atoms with Gasteiger partial charge in [-0.15, -0.1) is 0 Å². The summed E-state index contributed by atoms with van der Waals surface area (Å²) in [6.45, 7) is 13.4. The molecule has 18 nitrogen and oxygen atoms in total. The van der Waals surface area contributed by atoms with Crippen LogP contribution in [-0.4, -0.2) is 132 Å². The van der Waals surface area contributed by atoms with Crippen LogP contribution in [0.5, 0.6) is 0 Å². The Morgan fingerprint density at radius 2 is 1.02 bits per heavy atom. The Morgan fingerprint density at radius 1 is 0.580 bits per heavy atom. The number of rotatable bonds is 12. The minimum absolute atomic E-state index is 0.159. The van der Waals surface area contributed by atoms with E-state index in [9.17, 15) is 21.2 Å². The van der Waals surface area contributed by atoms with Crippen LogP contribution in [0.25, 0.3) is 33.4 Å². The topological polar surface area (TPSA) is 205 Å². The van der Waals surface area contributed by atoms with Crippen LogP contribution in [-0.2, 0) is 20.0 Å². The number of nitrogens with one attached hydrogen (secondary N) is 3. The predicted molar refractivity (Wildman–Crippen MR) is 326 cm³/mol. The van der Waals surface area contributed by atoms with Crippen molar-refractivity contribution in [1.29, 1.82) is 0 Å². The number of nitrogens with zero attached hydrogens (tertiary/aromatic N) is 10. The molecule has 2 aliphatic rings. The fraction of sp³-hybridized carbons (Fsp3) is 0.379. The van der Waals surface area contributed by atoms with E-state index in [1.54, 1.807) is 109 Å². The van der Waals surface area contributed by atoms with E-state index < -0.39 is 29.5 Å². The Kier molecular flexibility index (Phi) is 18.2. The summed E-state index contributed by atoms with van der Waals surface area (Å²) in [4.78, 5) is 26.0. The molecule has 4 aromatic carbocycles. The fourth-order valence-corrected chi connectivity index (χ4v) is 11.0. The number of nitrogens with two attached hydrogens (primary N) is 1. The molecule has 81 heavy (non-hydrogen) atoms. The second-order valence-corrected chi connectivity index (χ2v) is 27.9. The summed E-state index contributed by atoms with van der Waals surface area (Å²) in [5.74, 6) is -0.170. The molecule has 0 spiro atoms. The van der Waals surface area contributed by atoms with Crippen LogP contribution in [0, 0.1) is 11.6 Å². The summed E-state index contributed by atoms with van der Waals surface area (Å²) >= 11 is 5.88. The number of sulfonamides is 2. The van der Waals surface area contributed by atoms with Crippen LogP contribution in [0.1, 0.15) is 67.2 Å². The highest BCUT2D eigenvalue weighted by atomic mass is 35.5. The number of aromatic nitrogens is 6. The minimum Gasteiger partial charge on any atom is -0.399 e. The maximum Gasteiger partial charge on any atom is 0.237 e. The third kappa shape index (κ3) is 14.5. The lowest BCUT2D eigenvalue weighted by molar-refractivity contribution is 0.249. The molecule has 6 heterocycles. The van der Waals surface area contributed by atoms with Crippen molar-refractivity contribution in [3.63, 3.8) is 0 Å². The summed E-state index contributed by atoms with van der Waals surface area (Å²) in [6.07, 6.45) is 11.2. The molecular weight excluding hydrogens is 1090 g/mol. The van der Waals surface area contributed by atoms with Gasteiger partial charge in [-0.05, 0) is 192 Å². The highest BCUT2D eigenvalue weighted by Crippen LogP contribution is 2.31. The molecule has 0 bridgehead atoms. The van der Waals surface area contributed by atoms with Gasteiger partial charge < -0.3 is 39.8 Å². The van der Waals surface area contributed by atoms with Crippen LogP contribution < -0.4 is 30.3 Å². The Morgan fingerprint density at radius 3 is 1.47 bits per heavy atom. The predicted octanol–water partition coefficient (Wildman–Crippen LogP) is 10.9. The molecule has 0 unspecified atom stereocenters. The molecule has 432 valence electrons. The molecule has 0 radical (unpaired) electrons. The van der Waals surface area contributed by atoms with Crippen molar-refractivity contribution >= 4 is 93.8 Å². The number of nitrogen functional groups attached to an aromatic ring is 1. The molecule has 0 aliphatic carbocycles. The maximum absolute atomic E-state index is 15.1. The van der Waals surface area contributed by atoms with Crippen LogP contribution in [0.2, 0.25) is 5.28 Å². The van der Waals surface area contributed by atoms with Crippen LogP contribution in [0.4, 0.5) is 48.9 Å². The molecule has 5 N–H and O–H groups in total. The number of hydrogen-bond donors (Lipinski definition) is 4. The smallest absolute Gasteiger partial charge is 0.237 e. The lowest BCUT2D eigenvalue weighted by Crippen LogP contribution is -2.42. The second-order valence-electron chi connectivity index (χ2n) is 22.7. The van der Waals surface area contributed by atoms with Crippen molar-refractivity contribution in [2.45, 2.75) is 88.8 Å². The lowest BCUT2D eigenvalue weighted by Gasteiger charge is -2.36. The lowest BCUT2D eigenvalue weighted by atomic mass is 10.0. The molecule has 2 fully saturated rings. The Labute approximate surface area is 479 Å². The van der Waals surface area contributed by atoms with Gasteiger partial charge in [0.25, 0.3) is 0 Å². The second kappa shape index (κ2) is 24.5.